The molecule has 0 radical (unpaired) electrons. The molecule has 3 rings (SSSR count). The lowest BCUT2D eigenvalue weighted by molar-refractivity contribution is 0.0526. The summed E-state index contributed by atoms with van der Waals surface area (Å²) in [5.41, 5.74) is 1.40. The SMILES string of the molecule is CCOC(=O)c1ccc(NC(=O)N(CCCOC)C(C)c2nc3ccccc3c(=O)n2CC)cc1. The van der Waals surface area contributed by atoms with Gasteiger partial charge in [0.15, 0.2) is 0 Å². The van der Waals surface area contributed by atoms with Crippen molar-refractivity contribution < 1.29 is 19.1 Å². The average Bonchev–Trinajstić information content (AvgIpc) is 2.86. The zero-order valence-electron chi connectivity index (χ0n) is 20.6. The molecule has 1 aromatic heterocycles. The van der Waals surface area contributed by atoms with Crippen LogP contribution in [-0.2, 0) is 16.0 Å². The van der Waals surface area contributed by atoms with E-state index in [4.69, 9.17) is 14.5 Å². The Morgan fingerprint density at radius 2 is 1.83 bits per heavy atom. The maximum atomic E-state index is 13.4. The summed E-state index contributed by atoms with van der Waals surface area (Å²) in [6, 6.07) is 12.9. The van der Waals surface area contributed by atoms with Gasteiger partial charge in [-0.25, -0.2) is 14.6 Å². The van der Waals surface area contributed by atoms with Crippen molar-refractivity contribution in [2.24, 2.45) is 0 Å². The number of ether oxygens (including phenoxy) is 2. The Labute approximate surface area is 204 Å². The van der Waals surface area contributed by atoms with Gasteiger partial charge in [-0.05, 0) is 63.6 Å². The van der Waals surface area contributed by atoms with Crippen molar-refractivity contribution in [2.75, 3.05) is 32.2 Å². The van der Waals surface area contributed by atoms with E-state index in [0.717, 1.165) is 0 Å². The fraction of sp³-hybridized carbons (Fsp3) is 0.385. The van der Waals surface area contributed by atoms with Crippen LogP contribution in [0.3, 0.4) is 0 Å². The molecule has 0 saturated carbocycles. The molecule has 9 heteroatoms. The number of methoxy groups -OCH3 is 1. The van der Waals surface area contributed by atoms with E-state index in [1.54, 1.807) is 59.9 Å². The molecule has 35 heavy (non-hydrogen) atoms. The molecular formula is C26H32N4O5. The molecule has 1 atom stereocenters. The predicted octanol–water partition coefficient (Wildman–Crippen LogP) is 4.22. The van der Waals surface area contributed by atoms with Crippen LogP contribution >= 0.6 is 0 Å². The smallest absolute Gasteiger partial charge is 0.338 e. The number of anilines is 1. The Morgan fingerprint density at radius 3 is 2.49 bits per heavy atom. The highest BCUT2D eigenvalue weighted by atomic mass is 16.5. The van der Waals surface area contributed by atoms with Crippen LogP contribution in [0.5, 0.6) is 0 Å². The molecular weight excluding hydrogens is 448 g/mol. The second-order valence-electron chi connectivity index (χ2n) is 7.98. The third kappa shape index (κ3) is 6.05. The summed E-state index contributed by atoms with van der Waals surface area (Å²) in [5, 5.41) is 3.43. The molecule has 0 bridgehead atoms. The maximum Gasteiger partial charge on any atom is 0.338 e. The van der Waals surface area contributed by atoms with E-state index < -0.39 is 12.0 Å². The molecule has 1 unspecified atom stereocenters. The summed E-state index contributed by atoms with van der Waals surface area (Å²) in [6.07, 6.45) is 0.611. The van der Waals surface area contributed by atoms with Crippen molar-refractivity contribution in [1.82, 2.24) is 14.5 Å². The topological polar surface area (TPSA) is 103 Å². The standard InChI is InChI=1S/C26H32N4O5/c1-5-29-23(28-22-11-8-7-10-21(22)24(29)31)18(3)30(16-9-17-34-4)26(33)27-20-14-12-19(13-15-20)25(32)35-6-2/h7-8,10-15,18H,5-6,9,16-17H2,1-4H3,(H,27,33). The fourth-order valence-electron chi connectivity index (χ4n) is 3.90. The molecule has 0 aliphatic rings. The van der Waals surface area contributed by atoms with Crippen LogP contribution in [-0.4, -0.2) is 53.3 Å². The quantitative estimate of drug-likeness (QED) is 0.344. The van der Waals surface area contributed by atoms with Gasteiger partial charge in [-0.1, -0.05) is 12.1 Å². The minimum absolute atomic E-state index is 0.133. The van der Waals surface area contributed by atoms with E-state index in [1.165, 1.54) is 0 Å². The normalized spacial score (nSPS) is 11.8. The first-order valence-electron chi connectivity index (χ1n) is 11.7. The van der Waals surface area contributed by atoms with Crippen LogP contribution in [0.25, 0.3) is 10.9 Å². The third-order valence-corrected chi connectivity index (χ3v) is 5.70. The first-order valence-corrected chi connectivity index (χ1v) is 11.7. The van der Waals surface area contributed by atoms with E-state index in [-0.39, 0.29) is 18.2 Å². The number of rotatable bonds is 10. The number of esters is 1. The van der Waals surface area contributed by atoms with Crippen molar-refractivity contribution in [3.05, 3.63) is 70.3 Å². The molecule has 0 aliphatic heterocycles. The van der Waals surface area contributed by atoms with Crippen LogP contribution < -0.4 is 10.9 Å². The van der Waals surface area contributed by atoms with Crippen molar-refractivity contribution in [3.8, 4) is 0 Å². The molecule has 2 amide bonds. The summed E-state index contributed by atoms with van der Waals surface area (Å²) < 4.78 is 11.8. The number of aromatic nitrogens is 2. The number of hydrogen-bond acceptors (Lipinski definition) is 6. The molecule has 0 saturated heterocycles. The van der Waals surface area contributed by atoms with Gasteiger partial charge in [-0.3, -0.25) is 9.36 Å². The van der Waals surface area contributed by atoms with Gasteiger partial charge in [0.05, 0.1) is 29.1 Å². The lowest BCUT2D eigenvalue weighted by atomic mass is 10.2. The number of carbonyl (C=O) groups is 2. The molecule has 0 aliphatic carbocycles. The minimum atomic E-state index is -0.483. The second-order valence-corrected chi connectivity index (χ2v) is 7.98. The highest BCUT2D eigenvalue weighted by Crippen LogP contribution is 2.22. The Balaban J connectivity index is 1.90. The molecule has 2 aromatic carbocycles. The maximum absolute atomic E-state index is 13.4. The number of para-hydroxylation sites is 1. The van der Waals surface area contributed by atoms with Crippen LogP contribution in [0.15, 0.2) is 53.3 Å². The summed E-state index contributed by atoms with van der Waals surface area (Å²) in [4.78, 5) is 44.8. The van der Waals surface area contributed by atoms with Gasteiger partial charge < -0.3 is 19.7 Å². The molecule has 0 spiro atoms. The Kier molecular flexibility index (Phi) is 8.97. The third-order valence-electron chi connectivity index (χ3n) is 5.70. The molecule has 1 N–H and O–H groups in total. The van der Waals surface area contributed by atoms with Gasteiger partial charge in [0, 0.05) is 32.5 Å². The monoisotopic (exact) mass is 480 g/mol. The first kappa shape index (κ1) is 25.9. The fourth-order valence-corrected chi connectivity index (χ4v) is 3.90. The van der Waals surface area contributed by atoms with E-state index >= 15 is 0 Å². The lowest BCUT2D eigenvalue weighted by Crippen LogP contribution is -2.41. The number of nitrogens with one attached hydrogen (secondary N) is 1. The minimum Gasteiger partial charge on any atom is -0.462 e. The van der Waals surface area contributed by atoms with E-state index in [1.807, 2.05) is 26.0 Å². The molecule has 0 fully saturated rings. The van der Waals surface area contributed by atoms with Crippen molar-refractivity contribution >= 4 is 28.6 Å². The summed E-state index contributed by atoms with van der Waals surface area (Å²) >= 11 is 0. The molecule has 1 heterocycles. The zero-order valence-corrected chi connectivity index (χ0v) is 20.6. The Morgan fingerprint density at radius 1 is 1.11 bits per heavy atom. The number of fused-ring (bicyclic) bond motifs is 1. The van der Waals surface area contributed by atoms with Gasteiger partial charge in [-0.2, -0.15) is 0 Å². The number of nitrogens with zero attached hydrogens (tertiary/aromatic N) is 3. The van der Waals surface area contributed by atoms with Crippen LogP contribution in [0.1, 0.15) is 49.4 Å². The lowest BCUT2D eigenvalue weighted by Gasteiger charge is -2.30. The van der Waals surface area contributed by atoms with Gasteiger partial charge in [0.25, 0.3) is 5.56 Å². The number of amides is 2. The average molecular weight is 481 g/mol. The number of benzene rings is 2. The predicted molar refractivity (Wildman–Crippen MR) is 135 cm³/mol. The zero-order chi connectivity index (χ0) is 25.4. The van der Waals surface area contributed by atoms with Gasteiger partial charge in [0.2, 0.25) is 0 Å². The van der Waals surface area contributed by atoms with E-state index in [2.05, 4.69) is 5.32 Å². The molecule has 186 valence electrons. The van der Waals surface area contributed by atoms with Crippen molar-refractivity contribution in [3.63, 3.8) is 0 Å². The summed E-state index contributed by atoms with van der Waals surface area (Å²) in [6.45, 7) is 7.09. The molecule has 3 aromatic rings. The van der Waals surface area contributed by atoms with Gasteiger partial charge in [0.1, 0.15) is 5.82 Å². The Bertz CT molecular complexity index is 1220. The highest BCUT2D eigenvalue weighted by molar-refractivity contribution is 5.92. The highest BCUT2D eigenvalue weighted by Gasteiger charge is 2.26. The van der Waals surface area contributed by atoms with E-state index in [0.29, 0.717) is 54.1 Å². The second kappa shape index (κ2) is 12.1. The van der Waals surface area contributed by atoms with Crippen LogP contribution in [0.2, 0.25) is 0 Å². The Hall–Kier alpha value is -3.72. The van der Waals surface area contributed by atoms with Gasteiger partial charge in [-0.15, -0.1) is 0 Å². The van der Waals surface area contributed by atoms with Gasteiger partial charge >= 0.3 is 12.0 Å². The van der Waals surface area contributed by atoms with E-state index in [9.17, 15) is 14.4 Å². The van der Waals surface area contributed by atoms with Crippen molar-refractivity contribution in [1.29, 1.82) is 0 Å². The first-order chi connectivity index (χ1) is 16.9. The number of carbonyl (C=O) groups excluding carboxylic acids is 2. The molecule has 9 nitrogen and oxygen atoms in total. The number of hydrogen-bond donors (Lipinski definition) is 1. The number of urea groups is 1. The van der Waals surface area contributed by atoms with Crippen LogP contribution in [0.4, 0.5) is 10.5 Å². The summed E-state index contributed by atoms with van der Waals surface area (Å²) in [7, 11) is 1.61. The van der Waals surface area contributed by atoms with Crippen LogP contribution in [0, 0.1) is 0 Å². The van der Waals surface area contributed by atoms with Crippen molar-refractivity contribution in [2.45, 2.75) is 39.8 Å². The largest absolute Gasteiger partial charge is 0.462 e. The summed E-state index contributed by atoms with van der Waals surface area (Å²) in [5.74, 6) is 0.0986.